The van der Waals surface area contributed by atoms with Gasteiger partial charge in [0.25, 0.3) is 21.5 Å². The minimum absolute atomic E-state index is 0.0417. The molecule has 0 unspecified atom stereocenters. The predicted octanol–water partition coefficient (Wildman–Crippen LogP) is 3.29. The molecule has 1 amide bonds. The molecule has 2 aromatic carbocycles. The van der Waals surface area contributed by atoms with Crippen LogP contribution in [0.3, 0.4) is 0 Å². The van der Waals surface area contributed by atoms with Gasteiger partial charge in [-0.05, 0) is 54.1 Å². The van der Waals surface area contributed by atoms with Gasteiger partial charge in [-0.2, -0.15) is 0 Å². The minimum Gasteiger partial charge on any atom is -0.322 e. The average Bonchev–Trinajstić information content (AvgIpc) is 2.91. The zero-order chi connectivity index (χ0) is 25.8. The lowest BCUT2D eigenvalue weighted by Gasteiger charge is -2.13. The molecule has 5 rings (SSSR count). The topological polar surface area (TPSA) is 136 Å². The molecule has 0 saturated heterocycles. The summed E-state index contributed by atoms with van der Waals surface area (Å²) in [5.41, 5.74) is 1.13. The van der Waals surface area contributed by atoms with Gasteiger partial charge in [-0.15, -0.1) is 0 Å². The maximum Gasteiger partial charge on any atom is 0.265 e. The molecule has 0 atom stereocenters. The van der Waals surface area contributed by atoms with Crippen molar-refractivity contribution in [1.29, 1.82) is 0 Å². The van der Waals surface area contributed by atoms with E-state index in [1.165, 1.54) is 47.3 Å². The fourth-order valence-corrected chi connectivity index (χ4v) is 4.69. The lowest BCUT2D eigenvalue weighted by Crippen LogP contribution is -2.30. The number of nitrogens with one attached hydrogen (secondary N) is 2. The van der Waals surface area contributed by atoms with Crippen molar-refractivity contribution in [2.75, 3.05) is 10.0 Å². The lowest BCUT2D eigenvalue weighted by molar-refractivity contribution is 0.102. The molecule has 3 aromatic heterocycles. The molecule has 3 heterocycles. The number of sulfonamides is 1. The lowest BCUT2D eigenvalue weighted by atomic mass is 10.1. The molecular formula is C26H20N6O4S. The van der Waals surface area contributed by atoms with E-state index in [-0.39, 0.29) is 23.0 Å². The number of carbonyl (C=O) groups excluding carboxylic acids is 1. The molecule has 0 radical (unpaired) electrons. The number of hydrogen-bond acceptors (Lipinski definition) is 7. The van der Waals surface area contributed by atoms with E-state index in [4.69, 9.17) is 0 Å². The number of aromatic nitrogens is 4. The second kappa shape index (κ2) is 9.99. The summed E-state index contributed by atoms with van der Waals surface area (Å²) in [5, 5.41) is 3.31. The second-order valence-corrected chi connectivity index (χ2v) is 9.69. The van der Waals surface area contributed by atoms with Crippen LogP contribution in [0.1, 0.15) is 15.9 Å². The molecule has 0 bridgehead atoms. The third-order valence-electron chi connectivity index (χ3n) is 5.49. The summed E-state index contributed by atoms with van der Waals surface area (Å²) < 4.78 is 28.9. The van der Waals surface area contributed by atoms with Crippen molar-refractivity contribution in [1.82, 2.24) is 19.5 Å². The summed E-state index contributed by atoms with van der Waals surface area (Å²) in [6.07, 6.45) is 4.43. The first-order chi connectivity index (χ1) is 17.9. The minimum atomic E-state index is -3.93. The van der Waals surface area contributed by atoms with Crippen molar-refractivity contribution in [3.63, 3.8) is 0 Å². The number of nitrogens with zero attached hydrogens (tertiary/aromatic N) is 4. The first kappa shape index (κ1) is 23.8. The Hall–Kier alpha value is -4.90. The van der Waals surface area contributed by atoms with Crippen LogP contribution in [0.15, 0.2) is 107 Å². The number of benzene rings is 2. The van der Waals surface area contributed by atoms with Crippen LogP contribution in [-0.2, 0) is 16.6 Å². The SMILES string of the molecule is O=C(Nc1ccc(S(=O)(=O)Nc2ncccn2)cc1)c1cc2cccnc2n(Cc2ccccc2)c1=O. The van der Waals surface area contributed by atoms with Crippen molar-refractivity contribution >= 4 is 38.6 Å². The largest absolute Gasteiger partial charge is 0.322 e. The fraction of sp³-hybridized carbons (Fsp3) is 0.0385. The summed E-state index contributed by atoms with van der Waals surface area (Å²) in [4.78, 5) is 38.5. The van der Waals surface area contributed by atoms with E-state index in [9.17, 15) is 18.0 Å². The van der Waals surface area contributed by atoms with Gasteiger partial charge in [-0.1, -0.05) is 30.3 Å². The molecule has 11 heteroatoms. The van der Waals surface area contributed by atoms with Crippen LogP contribution in [0.2, 0.25) is 0 Å². The monoisotopic (exact) mass is 512 g/mol. The Labute approximate surface area is 211 Å². The molecule has 0 aliphatic heterocycles. The quantitative estimate of drug-likeness (QED) is 0.341. The maximum absolute atomic E-state index is 13.3. The smallest absolute Gasteiger partial charge is 0.265 e. The van der Waals surface area contributed by atoms with Gasteiger partial charge in [0.1, 0.15) is 11.2 Å². The molecule has 10 nitrogen and oxygen atoms in total. The molecule has 0 saturated carbocycles. The highest BCUT2D eigenvalue weighted by molar-refractivity contribution is 7.92. The van der Waals surface area contributed by atoms with Gasteiger partial charge in [-0.25, -0.2) is 28.1 Å². The highest BCUT2D eigenvalue weighted by atomic mass is 32.2. The molecule has 5 aromatic rings. The molecule has 37 heavy (non-hydrogen) atoms. The Morgan fingerprint density at radius 2 is 1.54 bits per heavy atom. The van der Waals surface area contributed by atoms with Crippen molar-refractivity contribution in [3.05, 3.63) is 119 Å². The molecule has 184 valence electrons. The van der Waals surface area contributed by atoms with Crippen LogP contribution in [-0.4, -0.2) is 33.8 Å². The standard InChI is InChI=1S/C26H20N6O4S/c33-24(30-20-9-11-21(12-10-20)37(35,36)31-26-28-14-5-15-29-26)22-16-19-8-4-13-27-23(19)32(25(22)34)17-18-6-2-1-3-7-18/h1-16H,17H2,(H,30,33)(H,28,29,31). The Kier molecular flexibility index (Phi) is 6.43. The Morgan fingerprint density at radius 1 is 0.838 bits per heavy atom. The zero-order valence-electron chi connectivity index (χ0n) is 19.3. The van der Waals surface area contributed by atoms with Crippen LogP contribution < -0.4 is 15.6 Å². The highest BCUT2D eigenvalue weighted by Crippen LogP contribution is 2.18. The Morgan fingerprint density at radius 3 is 2.27 bits per heavy atom. The van der Waals surface area contributed by atoms with Gasteiger partial charge in [0.15, 0.2) is 0 Å². The van der Waals surface area contributed by atoms with Gasteiger partial charge in [0.2, 0.25) is 5.95 Å². The number of carbonyl (C=O) groups is 1. The first-order valence-corrected chi connectivity index (χ1v) is 12.6. The summed E-state index contributed by atoms with van der Waals surface area (Å²) in [6, 6.07) is 21.5. The zero-order valence-corrected chi connectivity index (χ0v) is 20.1. The normalized spacial score (nSPS) is 11.2. The molecule has 0 aliphatic rings. The average molecular weight is 513 g/mol. The first-order valence-electron chi connectivity index (χ1n) is 11.1. The van der Waals surface area contributed by atoms with Crippen LogP contribution in [0, 0.1) is 0 Å². The van der Waals surface area contributed by atoms with E-state index in [1.807, 2.05) is 30.3 Å². The maximum atomic E-state index is 13.3. The predicted molar refractivity (Wildman–Crippen MR) is 139 cm³/mol. The van der Waals surface area contributed by atoms with Gasteiger partial charge < -0.3 is 5.32 Å². The summed E-state index contributed by atoms with van der Waals surface area (Å²) in [7, 11) is -3.93. The van der Waals surface area contributed by atoms with Crippen LogP contribution >= 0.6 is 0 Å². The van der Waals surface area contributed by atoms with Crippen molar-refractivity contribution in [2.45, 2.75) is 11.4 Å². The summed E-state index contributed by atoms with van der Waals surface area (Å²) >= 11 is 0. The van der Waals surface area contributed by atoms with Crippen LogP contribution in [0.4, 0.5) is 11.6 Å². The van der Waals surface area contributed by atoms with Gasteiger partial charge in [0, 0.05) is 29.7 Å². The molecular weight excluding hydrogens is 492 g/mol. The molecule has 0 fully saturated rings. The summed E-state index contributed by atoms with van der Waals surface area (Å²) in [5.74, 6) is -0.679. The van der Waals surface area contributed by atoms with Crippen LogP contribution in [0.25, 0.3) is 11.0 Å². The van der Waals surface area contributed by atoms with Gasteiger partial charge in [0.05, 0.1) is 11.4 Å². The molecule has 0 aliphatic carbocycles. The Bertz CT molecular complexity index is 1740. The van der Waals surface area contributed by atoms with Gasteiger partial charge >= 0.3 is 0 Å². The summed E-state index contributed by atoms with van der Waals surface area (Å²) in [6.45, 7) is 0.249. The number of amides is 1. The number of anilines is 2. The highest BCUT2D eigenvalue weighted by Gasteiger charge is 2.18. The fourth-order valence-electron chi connectivity index (χ4n) is 3.73. The third-order valence-corrected chi connectivity index (χ3v) is 6.83. The van der Waals surface area contributed by atoms with Crippen molar-refractivity contribution in [3.8, 4) is 0 Å². The van der Waals surface area contributed by atoms with E-state index < -0.39 is 21.5 Å². The van der Waals surface area contributed by atoms with E-state index in [0.717, 1.165) is 5.56 Å². The van der Waals surface area contributed by atoms with Gasteiger partial charge in [-0.3, -0.25) is 14.2 Å². The van der Waals surface area contributed by atoms with Crippen molar-refractivity contribution in [2.24, 2.45) is 0 Å². The van der Waals surface area contributed by atoms with Crippen molar-refractivity contribution < 1.29 is 13.2 Å². The van der Waals surface area contributed by atoms with E-state index in [1.54, 1.807) is 24.4 Å². The Balaban J connectivity index is 1.41. The van der Waals surface area contributed by atoms with E-state index in [2.05, 4.69) is 25.0 Å². The number of pyridine rings is 2. The van der Waals surface area contributed by atoms with Crippen LogP contribution in [0.5, 0.6) is 0 Å². The second-order valence-electron chi connectivity index (χ2n) is 8.01. The number of fused-ring (bicyclic) bond motifs is 1. The molecule has 0 spiro atoms. The number of rotatable bonds is 7. The number of hydrogen-bond donors (Lipinski definition) is 2. The molecule has 2 N–H and O–H groups in total. The van der Waals surface area contributed by atoms with E-state index >= 15 is 0 Å². The third kappa shape index (κ3) is 5.21. The van der Waals surface area contributed by atoms with E-state index in [0.29, 0.717) is 16.7 Å².